The molecule has 3 N–H and O–H groups in total. The molecule has 3 rings (SSSR count). The van der Waals surface area contributed by atoms with Crippen molar-refractivity contribution in [3.05, 3.63) is 59.6 Å². The van der Waals surface area contributed by atoms with E-state index in [0.717, 1.165) is 29.9 Å². The lowest BCUT2D eigenvalue weighted by Gasteiger charge is -2.09. The van der Waals surface area contributed by atoms with Crippen molar-refractivity contribution in [3.63, 3.8) is 0 Å². The zero-order valence-corrected chi connectivity index (χ0v) is 16.1. The number of hydrogen-bond donors (Lipinski definition) is 2. The molecular formula is C20H25N5O3. The van der Waals surface area contributed by atoms with Crippen molar-refractivity contribution in [3.8, 4) is 0 Å². The summed E-state index contributed by atoms with van der Waals surface area (Å²) in [6.07, 6.45) is 7.15. The molecule has 0 aromatic carbocycles. The van der Waals surface area contributed by atoms with Crippen LogP contribution in [0.2, 0.25) is 0 Å². The average molecular weight is 383 g/mol. The Morgan fingerprint density at radius 2 is 2.14 bits per heavy atom. The fourth-order valence-corrected chi connectivity index (χ4v) is 2.92. The minimum atomic E-state index is -0.931. The monoisotopic (exact) mass is 383 g/mol. The van der Waals surface area contributed by atoms with Crippen molar-refractivity contribution >= 4 is 11.8 Å². The zero-order chi connectivity index (χ0) is 20.1. The number of aryl methyl sites for hydroxylation is 1. The molecule has 3 aromatic heterocycles. The van der Waals surface area contributed by atoms with E-state index in [2.05, 4.69) is 29.0 Å². The van der Waals surface area contributed by atoms with Gasteiger partial charge < -0.3 is 19.9 Å². The SMILES string of the molecule is CC(C)CCc1cc(Cn2cnc(C(Cc3ccc(N)nc3)C(=O)O)c2)no1. The summed E-state index contributed by atoms with van der Waals surface area (Å²) in [7, 11) is 0. The largest absolute Gasteiger partial charge is 0.481 e. The van der Waals surface area contributed by atoms with Crippen molar-refractivity contribution in [2.24, 2.45) is 5.92 Å². The Balaban J connectivity index is 1.67. The molecule has 0 aliphatic rings. The summed E-state index contributed by atoms with van der Waals surface area (Å²) in [5.41, 5.74) is 7.66. The van der Waals surface area contributed by atoms with Gasteiger partial charge in [0.15, 0.2) is 0 Å². The third-order valence-corrected chi connectivity index (χ3v) is 4.52. The Labute approximate surface area is 163 Å². The van der Waals surface area contributed by atoms with Crippen LogP contribution in [0.1, 0.15) is 48.9 Å². The number of carboxylic acids is 1. The number of nitrogens with zero attached hydrogens (tertiary/aromatic N) is 4. The average Bonchev–Trinajstić information content (AvgIpc) is 3.29. The van der Waals surface area contributed by atoms with Gasteiger partial charge in [-0.1, -0.05) is 25.1 Å². The Bertz CT molecular complexity index is 914. The van der Waals surface area contributed by atoms with Crippen LogP contribution in [0.5, 0.6) is 0 Å². The molecule has 0 spiro atoms. The summed E-state index contributed by atoms with van der Waals surface area (Å²) in [4.78, 5) is 20.1. The second-order valence-electron chi connectivity index (χ2n) is 7.37. The molecule has 1 unspecified atom stereocenters. The molecule has 0 aliphatic carbocycles. The molecule has 8 nitrogen and oxygen atoms in total. The van der Waals surface area contributed by atoms with E-state index in [-0.39, 0.29) is 0 Å². The number of anilines is 1. The van der Waals surface area contributed by atoms with Crippen molar-refractivity contribution in [2.45, 2.75) is 45.6 Å². The highest BCUT2D eigenvalue weighted by Crippen LogP contribution is 2.20. The second-order valence-corrected chi connectivity index (χ2v) is 7.37. The van der Waals surface area contributed by atoms with E-state index in [1.54, 1.807) is 30.9 Å². The second kappa shape index (κ2) is 8.69. The molecule has 3 heterocycles. The van der Waals surface area contributed by atoms with Crippen LogP contribution in [0.3, 0.4) is 0 Å². The zero-order valence-electron chi connectivity index (χ0n) is 16.1. The Morgan fingerprint density at radius 1 is 1.32 bits per heavy atom. The van der Waals surface area contributed by atoms with Crippen LogP contribution in [0.4, 0.5) is 5.82 Å². The normalized spacial score (nSPS) is 12.4. The first kappa shape index (κ1) is 19.6. The summed E-state index contributed by atoms with van der Waals surface area (Å²) in [5, 5.41) is 13.7. The highest BCUT2D eigenvalue weighted by Gasteiger charge is 2.23. The lowest BCUT2D eigenvalue weighted by molar-refractivity contribution is -0.138. The van der Waals surface area contributed by atoms with Crippen LogP contribution in [-0.4, -0.2) is 30.8 Å². The van der Waals surface area contributed by atoms with Crippen molar-refractivity contribution in [2.75, 3.05) is 5.73 Å². The van der Waals surface area contributed by atoms with Crippen LogP contribution >= 0.6 is 0 Å². The molecule has 3 aromatic rings. The molecule has 8 heteroatoms. The van der Waals surface area contributed by atoms with Crippen molar-refractivity contribution in [1.82, 2.24) is 19.7 Å². The standard InChI is InChI=1S/C20H25N5O3/c1-13(2)3-5-16-8-15(24-28-16)10-25-11-18(23-12-25)17(20(26)27)7-14-4-6-19(21)22-9-14/h4,6,8-9,11-13,17H,3,5,7,10H2,1-2H3,(H2,21,22)(H,26,27). The van der Waals surface area contributed by atoms with Crippen molar-refractivity contribution in [1.29, 1.82) is 0 Å². The van der Waals surface area contributed by atoms with Gasteiger partial charge in [0.25, 0.3) is 0 Å². The molecule has 148 valence electrons. The maximum absolute atomic E-state index is 11.7. The molecule has 0 aliphatic heterocycles. The molecule has 0 fully saturated rings. The van der Waals surface area contributed by atoms with Gasteiger partial charge in [0.1, 0.15) is 23.2 Å². The van der Waals surface area contributed by atoms with E-state index in [1.807, 2.05) is 10.6 Å². The van der Waals surface area contributed by atoms with E-state index >= 15 is 0 Å². The number of pyridine rings is 1. The topological polar surface area (TPSA) is 120 Å². The first-order valence-electron chi connectivity index (χ1n) is 9.30. The quantitative estimate of drug-likeness (QED) is 0.583. The van der Waals surface area contributed by atoms with E-state index in [9.17, 15) is 9.90 Å². The van der Waals surface area contributed by atoms with E-state index in [4.69, 9.17) is 10.3 Å². The van der Waals surface area contributed by atoms with Gasteiger partial charge in [-0.15, -0.1) is 0 Å². The minimum Gasteiger partial charge on any atom is -0.481 e. The van der Waals surface area contributed by atoms with Gasteiger partial charge in [0.2, 0.25) is 0 Å². The molecule has 0 saturated heterocycles. The number of nitrogen functional groups attached to an aromatic ring is 1. The molecule has 0 bridgehead atoms. The number of hydrogen-bond acceptors (Lipinski definition) is 6. The van der Waals surface area contributed by atoms with E-state index in [0.29, 0.717) is 30.4 Å². The Hall–Kier alpha value is -3.16. The number of rotatable bonds is 9. The molecule has 0 saturated carbocycles. The Kier molecular flexibility index (Phi) is 6.08. The van der Waals surface area contributed by atoms with Gasteiger partial charge in [-0.2, -0.15) is 0 Å². The number of nitrogens with two attached hydrogens (primary N) is 1. The summed E-state index contributed by atoms with van der Waals surface area (Å²) in [6.45, 7) is 4.82. The fraction of sp³-hybridized carbons (Fsp3) is 0.400. The summed E-state index contributed by atoms with van der Waals surface area (Å²) in [5.74, 6) is 0.183. The first-order chi connectivity index (χ1) is 13.4. The predicted octanol–water partition coefficient (Wildman–Crippen LogP) is 2.90. The summed E-state index contributed by atoms with van der Waals surface area (Å²) in [6, 6.07) is 5.38. The maximum atomic E-state index is 11.7. The van der Waals surface area contributed by atoms with Crippen molar-refractivity contribution < 1.29 is 14.4 Å². The van der Waals surface area contributed by atoms with Gasteiger partial charge >= 0.3 is 5.97 Å². The number of carboxylic acid groups (broad SMARTS) is 1. The highest BCUT2D eigenvalue weighted by molar-refractivity contribution is 5.75. The first-order valence-corrected chi connectivity index (χ1v) is 9.30. The maximum Gasteiger partial charge on any atom is 0.312 e. The van der Waals surface area contributed by atoms with Crippen LogP contribution in [0.25, 0.3) is 0 Å². The lowest BCUT2D eigenvalue weighted by Crippen LogP contribution is -2.15. The van der Waals surface area contributed by atoms with Crippen LogP contribution in [0.15, 0.2) is 41.4 Å². The molecular weight excluding hydrogens is 358 g/mol. The van der Waals surface area contributed by atoms with Crippen LogP contribution < -0.4 is 5.73 Å². The van der Waals surface area contributed by atoms with Gasteiger partial charge in [0, 0.05) is 24.9 Å². The summed E-state index contributed by atoms with van der Waals surface area (Å²) < 4.78 is 7.19. The van der Waals surface area contributed by atoms with Gasteiger partial charge in [-0.25, -0.2) is 9.97 Å². The molecule has 1 atom stereocenters. The van der Waals surface area contributed by atoms with E-state index < -0.39 is 11.9 Å². The third kappa shape index (κ3) is 5.18. The van der Waals surface area contributed by atoms with Gasteiger partial charge in [-0.3, -0.25) is 4.79 Å². The minimum absolute atomic E-state index is 0.295. The number of aliphatic carboxylic acids is 1. The molecule has 0 amide bonds. The van der Waals surface area contributed by atoms with Gasteiger partial charge in [0.05, 0.1) is 18.6 Å². The number of carbonyl (C=O) groups is 1. The highest BCUT2D eigenvalue weighted by atomic mass is 16.5. The van der Waals surface area contributed by atoms with Crippen LogP contribution in [0, 0.1) is 5.92 Å². The lowest BCUT2D eigenvalue weighted by atomic mass is 9.98. The number of aromatic nitrogens is 4. The van der Waals surface area contributed by atoms with Gasteiger partial charge in [-0.05, 0) is 30.4 Å². The molecule has 0 radical (unpaired) electrons. The fourth-order valence-electron chi connectivity index (χ4n) is 2.92. The third-order valence-electron chi connectivity index (χ3n) is 4.52. The molecule has 28 heavy (non-hydrogen) atoms. The van der Waals surface area contributed by atoms with Crippen LogP contribution in [-0.2, 0) is 24.2 Å². The Morgan fingerprint density at radius 3 is 2.82 bits per heavy atom. The van der Waals surface area contributed by atoms with E-state index in [1.165, 1.54) is 0 Å². The summed E-state index contributed by atoms with van der Waals surface area (Å²) >= 11 is 0. The predicted molar refractivity (Wildman–Crippen MR) is 104 cm³/mol. The smallest absolute Gasteiger partial charge is 0.312 e. The number of imidazole rings is 1.